The number of aliphatic hydroxyl groups excluding tert-OH is 2. The number of phenols is 1. The number of benzene rings is 3. The number of aromatic hydroxyl groups is 1. The fourth-order valence-electron chi connectivity index (χ4n) is 10.9. The van der Waals surface area contributed by atoms with E-state index in [0.717, 1.165) is 6.92 Å². The summed E-state index contributed by atoms with van der Waals surface area (Å²) in [4.78, 5) is 96.4. The van der Waals surface area contributed by atoms with Gasteiger partial charge in [0.25, 0.3) is 0 Å². The van der Waals surface area contributed by atoms with Crippen LogP contribution in [0.3, 0.4) is 0 Å². The number of allylic oxidation sites excluding steroid dienone is 2. The quantitative estimate of drug-likeness (QED) is 0.174. The van der Waals surface area contributed by atoms with Gasteiger partial charge < -0.3 is 20.4 Å². The highest BCUT2D eigenvalue weighted by Crippen LogP contribution is 2.65. The molecule has 4 atom stereocenters. The number of hydrogen-bond acceptors (Lipinski definition) is 11. The highest BCUT2D eigenvalue weighted by atomic mass is 16.4. The van der Waals surface area contributed by atoms with E-state index in [1.54, 1.807) is 57.2 Å². The van der Waals surface area contributed by atoms with Crippen LogP contribution in [-0.2, 0) is 28.9 Å². The monoisotopic (exact) mass is 756 g/mol. The van der Waals surface area contributed by atoms with Crippen LogP contribution in [0.4, 0.5) is 0 Å². The van der Waals surface area contributed by atoms with Crippen molar-refractivity contribution in [1.29, 1.82) is 0 Å². The minimum Gasteiger partial charge on any atom is -0.511 e. The van der Waals surface area contributed by atoms with Crippen molar-refractivity contribution in [2.24, 2.45) is 34.5 Å². The Balaban J connectivity index is 1.32. The van der Waals surface area contributed by atoms with Crippen molar-refractivity contribution in [3.63, 3.8) is 0 Å². The SMILES string of the molecule is CC(=O)C1=C(O)C(C(C)C)[C@@]2(C)C[C@@]3(C)Cc4c(CC5C(=O)c6ccccc6C5=O)cc(CC5C(=O)c6ccccc6C5=O)c(O)c4C(=O)C3=C(O)[C@@]2(O)C1=O. The van der Waals surface area contributed by atoms with Crippen molar-refractivity contribution in [3.05, 3.63) is 122 Å². The molecule has 0 spiro atoms. The van der Waals surface area contributed by atoms with Gasteiger partial charge in [-0.3, -0.25) is 33.6 Å². The zero-order chi connectivity index (χ0) is 40.5. The summed E-state index contributed by atoms with van der Waals surface area (Å²) in [5.41, 5.74) is -5.61. The van der Waals surface area contributed by atoms with E-state index in [1.165, 1.54) is 25.1 Å². The van der Waals surface area contributed by atoms with Gasteiger partial charge in [-0.2, -0.15) is 0 Å². The largest absolute Gasteiger partial charge is 0.511 e. The predicted octanol–water partition coefficient (Wildman–Crippen LogP) is 5.82. The number of aliphatic hydroxyl groups is 3. The normalized spacial score (nSPS) is 27.5. The van der Waals surface area contributed by atoms with E-state index < -0.39 is 103 Å². The van der Waals surface area contributed by atoms with E-state index in [4.69, 9.17) is 0 Å². The van der Waals surface area contributed by atoms with E-state index in [1.807, 2.05) is 0 Å². The number of hydrogen-bond donors (Lipinski definition) is 4. The second-order valence-corrected chi connectivity index (χ2v) is 16.9. The lowest BCUT2D eigenvalue weighted by Crippen LogP contribution is -2.67. The van der Waals surface area contributed by atoms with Crippen molar-refractivity contribution in [3.8, 4) is 5.75 Å². The fourth-order valence-corrected chi connectivity index (χ4v) is 10.9. The third kappa shape index (κ3) is 4.63. The molecule has 286 valence electrons. The number of carbonyl (C=O) groups excluding carboxylic acids is 7. The van der Waals surface area contributed by atoms with Crippen molar-refractivity contribution in [2.75, 3.05) is 0 Å². The third-order valence-corrected chi connectivity index (χ3v) is 13.2. The van der Waals surface area contributed by atoms with Gasteiger partial charge in [0, 0.05) is 44.6 Å². The highest BCUT2D eigenvalue weighted by Gasteiger charge is 2.71. The van der Waals surface area contributed by atoms with E-state index >= 15 is 4.79 Å². The topological polar surface area (TPSA) is 200 Å². The van der Waals surface area contributed by atoms with Gasteiger partial charge in [-0.25, -0.2) is 0 Å². The average Bonchev–Trinajstić information content (AvgIpc) is 3.51. The summed E-state index contributed by atoms with van der Waals surface area (Å²) < 4.78 is 0. The summed E-state index contributed by atoms with van der Waals surface area (Å²) in [6.45, 7) is 7.73. The molecule has 5 aliphatic rings. The lowest BCUT2D eigenvalue weighted by molar-refractivity contribution is -0.171. The first kappa shape index (κ1) is 37.1. The van der Waals surface area contributed by atoms with E-state index in [0.29, 0.717) is 5.56 Å². The molecule has 0 saturated carbocycles. The molecule has 0 amide bonds. The molecular formula is C45H40O11. The number of phenolic OH excluding ortho intramolecular Hbond substituents is 1. The molecule has 56 heavy (non-hydrogen) atoms. The molecule has 0 aromatic heterocycles. The van der Waals surface area contributed by atoms with Crippen LogP contribution in [0.2, 0.25) is 0 Å². The van der Waals surface area contributed by atoms with Crippen LogP contribution in [0.1, 0.15) is 110 Å². The van der Waals surface area contributed by atoms with Crippen LogP contribution >= 0.6 is 0 Å². The van der Waals surface area contributed by atoms with Crippen LogP contribution in [0.15, 0.2) is 77.3 Å². The Morgan fingerprint density at radius 1 is 0.768 bits per heavy atom. The van der Waals surface area contributed by atoms with Gasteiger partial charge in [0.15, 0.2) is 40.3 Å². The lowest BCUT2D eigenvalue weighted by atomic mass is 9.44. The molecule has 0 aliphatic heterocycles. The summed E-state index contributed by atoms with van der Waals surface area (Å²) in [6.07, 6.45) is -0.755. The second kappa shape index (κ2) is 12.1. The summed E-state index contributed by atoms with van der Waals surface area (Å²) in [5, 5.41) is 48.1. The Morgan fingerprint density at radius 2 is 1.23 bits per heavy atom. The first-order chi connectivity index (χ1) is 26.3. The van der Waals surface area contributed by atoms with Crippen molar-refractivity contribution >= 4 is 40.5 Å². The predicted molar refractivity (Wildman–Crippen MR) is 200 cm³/mol. The highest BCUT2D eigenvalue weighted by molar-refractivity contribution is 6.28. The number of fused-ring (bicyclic) bond motifs is 5. The molecule has 0 fully saturated rings. The number of rotatable bonds is 6. The second-order valence-electron chi connectivity index (χ2n) is 16.9. The number of carbonyl (C=O) groups is 7. The van der Waals surface area contributed by atoms with Crippen LogP contribution in [0, 0.1) is 34.5 Å². The maximum absolute atomic E-state index is 15.0. The fraction of sp³-hybridized carbons (Fsp3) is 0.356. The van der Waals surface area contributed by atoms with Gasteiger partial charge in [-0.15, -0.1) is 0 Å². The molecule has 11 nitrogen and oxygen atoms in total. The first-order valence-electron chi connectivity index (χ1n) is 18.7. The molecule has 0 heterocycles. The van der Waals surface area contributed by atoms with Crippen LogP contribution in [0.5, 0.6) is 5.75 Å². The van der Waals surface area contributed by atoms with E-state index in [-0.39, 0.29) is 70.2 Å². The summed E-state index contributed by atoms with van der Waals surface area (Å²) >= 11 is 0. The Hall–Kier alpha value is -5.81. The number of Topliss-reactive ketones (excluding diaryl/α,β-unsaturated/α-hetero) is 7. The summed E-state index contributed by atoms with van der Waals surface area (Å²) in [5.74, 6) is -10.8. The molecule has 0 saturated heterocycles. The van der Waals surface area contributed by atoms with Crippen molar-refractivity contribution in [1.82, 2.24) is 0 Å². The number of ketones is 7. The Kier molecular flexibility index (Phi) is 8.02. The average molecular weight is 757 g/mol. The Morgan fingerprint density at radius 3 is 1.68 bits per heavy atom. The Labute approximate surface area is 321 Å². The Bertz CT molecular complexity index is 2430. The zero-order valence-corrected chi connectivity index (χ0v) is 31.5. The van der Waals surface area contributed by atoms with Gasteiger partial charge in [-0.05, 0) is 55.2 Å². The maximum atomic E-state index is 15.0. The zero-order valence-electron chi connectivity index (χ0n) is 31.5. The molecule has 11 heteroatoms. The minimum atomic E-state index is -2.82. The van der Waals surface area contributed by atoms with Gasteiger partial charge >= 0.3 is 0 Å². The molecule has 0 bridgehead atoms. The third-order valence-electron chi connectivity index (χ3n) is 13.2. The van der Waals surface area contributed by atoms with E-state index in [2.05, 4.69) is 0 Å². The molecule has 8 rings (SSSR count). The molecule has 0 radical (unpaired) electrons. The van der Waals surface area contributed by atoms with Crippen molar-refractivity contribution < 1.29 is 54.0 Å². The summed E-state index contributed by atoms with van der Waals surface area (Å²) in [6, 6.07) is 14.3. The smallest absolute Gasteiger partial charge is 0.209 e. The minimum absolute atomic E-state index is 0.0189. The maximum Gasteiger partial charge on any atom is 0.209 e. The van der Waals surface area contributed by atoms with Gasteiger partial charge in [0.1, 0.15) is 22.8 Å². The molecule has 3 aromatic rings. The summed E-state index contributed by atoms with van der Waals surface area (Å²) in [7, 11) is 0. The van der Waals surface area contributed by atoms with Gasteiger partial charge in [0.2, 0.25) is 5.78 Å². The standard InChI is InChI=1S/C45H40O11/c1-19(2)32-39(52)30(20(3)46)41(54)45(56)42(55)33-40(53)31-29(17-43(33,4)18-44(32,45)5)21(15-27-35(48)23-10-6-7-11-24(23)36(27)49)14-22(34(31)47)16-28-37(50)25-12-8-9-13-26(25)38(28)51/h6-14,19,27-28,32,47,52,55-56H,15-18H2,1-5H3/t32?,43-,44-,45+/m1/s1. The van der Waals surface area contributed by atoms with E-state index in [9.17, 15) is 49.2 Å². The van der Waals surface area contributed by atoms with Crippen LogP contribution in [0.25, 0.3) is 0 Å². The van der Waals surface area contributed by atoms with Crippen molar-refractivity contribution in [2.45, 2.75) is 65.9 Å². The van der Waals surface area contributed by atoms with Gasteiger partial charge in [-0.1, -0.05) is 82.3 Å². The van der Waals surface area contributed by atoms with Crippen LogP contribution in [-0.4, -0.2) is 66.5 Å². The molecular weight excluding hydrogens is 716 g/mol. The first-order valence-corrected chi connectivity index (χ1v) is 18.7. The molecule has 5 aliphatic carbocycles. The van der Waals surface area contributed by atoms with Gasteiger partial charge in [0.05, 0.1) is 17.4 Å². The molecule has 1 unspecified atom stereocenters. The van der Waals surface area contributed by atoms with Crippen LogP contribution < -0.4 is 0 Å². The lowest BCUT2D eigenvalue weighted by Gasteiger charge is -2.59. The molecule has 4 N–H and O–H groups in total. The molecule has 3 aromatic carbocycles.